The Labute approximate surface area is 154 Å². The monoisotopic (exact) mass is 373 g/mol. The van der Waals surface area contributed by atoms with E-state index >= 15 is 0 Å². The van der Waals surface area contributed by atoms with E-state index in [1.807, 2.05) is 30.5 Å². The smallest absolute Gasteiger partial charge is 0.196 e. The number of aromatic nitrogens is 3. The van der Waals surface area contributed by atoms with Crippen molar-refractivity contribution in [1.82, 2.24) is 14.8 Å². The molecule has 3 rings (SSSR count). The first kappa shape index (κ1) is 18.3. The van der Waals surface area contributed by atoms with Crippen LogP contribution in [0.1, 0.15) is 28.4 Å². The molecule has 0 aliphatic carbocycles. The molecule has 0 aliphatic rings. The van der Waals surface area contributed by atoms with Crippen LogP contribution in [0.15, 0.2) is 47.9 Å². The first-order valence-electron chi connectivity index (χ1n) is 8.00. The van der Waals surface area contributed by atoms with Crippen LogP contribution in [0.25, 0.3) is 5.69 Å². The van der Waals surface area contributed by atoms with Crippen LogP contribution in [-0.4, -0.2) is 25.8 Å². The summed E-state index contributed by atoms with van der Waals surface area (Å²) in [6.45, 7) is 5.71. The summed E-state index contributed by atoms with van der Waals surface area (Å²) in [4.78, 5) is 12.5. The second-order valence-corrected chi connectivity index (χ2v) is 7.33. The highest BCUT2D eigenvalue weighted by atomic mass is 32.2. The Morgan fingerprint density at radius 2 is 1.88 bits per heavy atom. The lowest BCUT2D eigenvalue weighted by Crippen LogP contribution is -2.15. The number of rotatable bonds is 5. The molecule has 0 saturated carbocycles. The van der Waals surface area contributed by atoms with E-state index in [1.165, 1.54) is 17.8 Å². The Kier molecular flexibility index (Phi) is 5.18. The third-order valence-corrected chi connectivity index (χ3v) is 5.04. The summed E-state index contributed by atoms with van der Waals surface area (Å²) < 4.78 is 28.3. The minimum atomic E-state index is -1.04. The second-order valence-electron chi connectivity index (χ2n) is 6.03. The number of halogens is 2. The van der Waals surface area contributed by atoms with E-state index in [1.54, 1.807) is 13.3 Å². The number of hydrogen-bond donors (Lipinski definition) is 0. The quantitative estimate of drug-likeness (QED) is 0.487. The summed E-state index contributed by atoms with van der Waals surface area (Å²) in [5, 5.41) is 8.06. The van der Waals surface area contributed by atoms with Gasteiger partial charge in [-0.1, -0.05) is 29.5 Å². The Balaban J connectivity index is 1.84. The fraction of sp³-hybridized carbons (Fsp3) is 0.211. The number of Topliss-reactive ketones (excluding diaryl/α,β-unsaturated/α-hetero) is 1. The molecule has 4 nitrogen and oxygen atoms in total. The molecular formula is C19H17F2N3OS. The van der Waals surface area contributed by atoms with E-state index in [2.05, 4.69) is 16.3 Å². The molecule has 0 fully saturated rings. The fourth-order valence-electron chi connectivity index (χ4n) is 2.64. The predicted octanol–water partition coefficient (Wildman–Crippen LogP) is 4.53. The Morgan fingerprint density at radius 1 is 1.12 bits per heavy atom. The van der Waals surface area contributed by atoms with Gasteiger partial charge in [0.05, 0.1) is 10.9 Å². The van der Waals surface area contributed by atoms with Crippen LogP contribution in [0.3, 0.4) is 0 Å². The highest BCUT2D eigenvalue weighted by Gasteiger charge is 2.21. The number of carbonyl (C=O) groups excluding carboxylic acids is 1. The Morgan fingerprint density at radius 3 is 2.58 bits per heavy atom. The van der Waals surface area contributed by atoms with Gasteiger partial charge in [-0.15, -0.1) is 10.2 Å². The van der Waals surface area contributed by atoms with Gasteiger partial charge in [0.1, 0.15) is 6.33 Å². The minimum Gasteiger partial charge on any atom is -0.293 e. The van der Waals surface area contributed by atoms with Crippen molar-refractivity contribution in [2.24, 2.45) is 0 Å². The van der Waals surface area contributed by atoms with Gasteiger partial charge in [0.25, 0.3) is 0 Å². The molecule has 2 aromatic carbocycles. The van der Waals surface area contributed by atoms with Gasteiger partial charge in [-0.05, 0) is 50.6 Å². The number of nitrogens with zero attached hydrogens (tertiary/aromatic N) is 3. The molecule has 0 spiro atoms. The van der Waals surface area contributed by atoms with Gasteiger partial charge in [0.2, 0.25) is 0 Å². The molecule has 7 heteroatoms. The second kappa shape index (κ2) is 7.37. The first-order valence-corrected chi connectivity index (χ1v) is 8.88. The third-order valence-electron chi connectivity index (χ3n) is 3.98. The van der Waals surface area contributed by atoms with Gasteiger partial charge >= 0.3 is 0 Å². The zero-order chi connectivity index (χ0) is 18.8. The van der Waals surface area contributed by atoms with Gasteiger partial charge in [-0.25, -0.2) is 8.78 Å². The van der Waals surface area contributed by atoms with Gasteiger partial charge in [-0.3, -0.25) is 9.36 Å². The molecule has 3 aromatic rings. The number of aryl methyl sites for hydroxylation is 2. The van der Waals surface area contributed by atoms with Gasteiger partial charge in [0, 0.05) is 5.56 Å². The lowest BCUT2D eigenvalue weighted by molar-refractivity contribution is 0.0993. The van der Waals surface area contributed by atoms with Gasteiger partial charge < -0.3 is 0 Å². The standard InChI is InChI=1S/C19H17F2N3OS/c1-11-4-7-17(12(2)8-11)24-10-22-23-19(24)26-13(3)18(25)14-5-6-15(20)16(21)9-14/h4-10,13H,1-3H3. The van der Waals surface area contributed by atoms with Crippen molar-refractivity contribution in [2.45, 2.75) is 31.2 Å². The van der Waals surface area contributed by atoms with E-state index in [0.717, 1.165) is 28.9 Å². The molecule has 134 valence electrons. The Bertz CT molecular complexity index is 971. The van der Waals surface area contributed by atoms with E-state index in [9.17, 15) is 13.6 Å². The maximum Gasteiger partial charge on any atom is 0.196 e. The number of benzene rings is 2. The van der Waals surface area contributed by atoms with Crippen molar-refractivity contribution in [3.05, 3.63) is 71.1 Å². The van der Waals surface area contributed by atoms with Crippen molar-refractivity contribution in [2.75, 3.05) is 0 Å². The molecule has 1 aromatic heterocycles. The first-order chi connectivity index (χ1) is 12.4. The van der Waals surface area contributed by atoms with Crippen molar-refractivity contribution in [1.29, 1.82) is 0 Å². The average Bonchev–Trinajstić information content (AvgIpc) is 3.04. The number of hydrogen-bond acceptors (Lipinski definition) is 4. The summed E-state index contributed by atoms with van der Waals surface area (Å²) in [5.41, 5.74) is 3.26. The third kappa shape index (κ3) is 3.67. The van der Waals surface area contributed by atoms with E-state index in [4.69, 9.17) is 0 Å². The van der Waals surface area contributed by atoms with Crippen molar-refractivity contribution >= 4 is 17.5 Å². The van der Waals surface area contributed by atoms with Crippen LogP contribution >= 0.6 is 11.8 Å². The molecule has 1 atom stereocenters. The summed E-state index contributed by atoms with van der Waals surface area (Å²) in [7, 11) is 0. The summed E-state index contributed by atoms with van der Waals surface area (Å²) in [6.07, 6.45) is 1.59. The fourth-order valence-corrected chi connectivity index (χ4v) is 3.55. The highest BCUT2D eigenvalue weighted by molar-refractivity contribution is 8.00. The van der Waals surface area contributed by atoms with Crippen molar-refractivity contribution in [3.63, 3.8) is 0 Å². The van der Waals surface area contributed by atoms with Crippen LogP contribution in [0.2, 0.25) is 0 Å². The molecule has 1 unspecified atom stereocenters. The van der Waals surface area contributed by atoms with Gasteiger partial charge in [0.15, 0.2) is 22.6 Å². The van der Waals surface area contributed by atoms with Crippen molar-refractivity contribution in [3.8, 4) is 5.69 Å². The maximum atomic E-state index is 13.4. The average molecular weight is 373 g/mol. The van der Waals surface area contributed by atoms with Crippen LogP contribution in [0, 0.1) is 25.5 Å². The van der Waals surface area contributed by atoms with E-state index in [0.29, 0.717) is 5.16 Å². The molecule has 0 N–H and O–H groups in total. The molecule has 26 heavy (non-hydrogen) atoms. The van der Waals surface area contributed by atoms with E-state index in [-0.39, 0.29) is 11.3 Å². The van der Waals surface area contributed by atoms with Crippen LogP contribution in [0.4, 0.5) is 8.78 Å². The largest absolute Gasteiger partial charge is 0.293 e. The summed E-state index contributed by atoms with van der Waals surface area (Å²) in [5.74, 6) is -2.31. The summed E-state index contributed by atoms with van der Waals surface area (Å²) >= 11 is 1.22. The van der Waals surface area contributed by atoms with Gasteiger partial charge in [-0.2, -0.15) is 0 Å². The summed E-state index contributed by atoms with van der Waals surface area (Å²) in [6, 6.07) is 9.18. The maximum absolute atomic E-state index is 13.4. The molecule has 0 amide bonds. The zero-order valence-corrected chi connectivity index (χ0v) is 15.3. The molecule has 0 saturated heterocycles. The molecule has 1 heterocycles. The van der Waals surface area contributed by atoms with Crippen LogP contribution in [0.5, 0.6) is 0 Å². The number of thioether (sulfide) groups is 1. The zero-order valence-electron chi connectivity index (χ0n) is 14.5. The van der Waals surface area contributed by atoms with Crippen molar-refractivity contribution < 1.29 is 13.6 Å². The lowest BCUT2D eigenvalue weighted by Gasteiger charge is -2.13. The highest BCUT2D eigenvalue weighted by Crippen LogP contribution is 2.27. The molecular weight excluding hydrogens is 356 g/mol. The normalized spacial score (nSPS) is 12.2. The molecule has 0 bridgehead atoms. The minimum absolute atomic E-state index is 0.126. The predicted molar refractivity (Wildman–Crippen MR) is 96.8 cm³/mol. The Hall–Kier alpha value is -2.54. The number of ketones is 1. The SMILES string of the molecule is Cc1ccc(-n2cnnc2SC(C)C(=O)c2ccc(F)c(F)c2)c(C)c1. The molecule has 0 radical (unpaired) electrons. The topological polar surface area (TPSA) is 47.8 Å². The van der Waals surface area contributed by atoms with Crippen LogP contribution < -0.4 is 0 Å². The number of carbonyl (C=O) groups is 1. The molecule has 0 aliphatic heterocycles. The van der Waals surface area contributed by atoms with Crippen LogP contribution in [-0.2, 0) is 0 Å². The lowest BCUT2D eigenvalue weighted by atomic mass is 10.1. The van der Waals surface area contributed by atoms with E-state index < -0.39 is 16.9 Å².